The molecular formula is C17H16ClN3O4. The van der Waals surface area contributed by atoms with Gasteiger partial charge >= 0.3 is 0 Å². The van der Waals surface area contributed by atoms with E-state index in [-0.39, 0.29) is 12.3 Å². The van der Waals surface area contributed by atoms with Crippen LogP contribution in [0, 0.1) is 17.0 Å². The standard InChI is InChI=1S/C17H16ClN3O4/c1-11-9-14(18)5-8-16(11)25-10-17(22)20-19-12(2)13-3-6-15(7-4-13)21(23)24/h3-9H,10H2,1-2H3,(H,20,22)/b19-12-. The molecule has 0 aliphatic heterocycles. The fourth-order valence-corrected chi connectivity index (χ4v) is 2.21. The summed E-state index contributed by atoms with van der Waals surface area (Å²) in [6, 6.07) is 11.0. The summed E-state index contributed by atoms with van der Waals surface area (Å²) in [7, 11) is 0. The lowest BCUT2D eigenvalue weighted by atomic mass is 10.1. The first kappa shape index (κ1) is 18.4. The molecule has 2 aromatic rings. The Kier molecular flexibility index (Phi) is 6.08. The van der Waals surface area contributed by atoms with E-state index in [0.29, 0.717) is 22.0 Å². The van der Waals surface area contributed by atoms with Gasteiger partial charge in [0.25, 0.3) is 11.6 Å². The molecule has 0 heterocycles. The van der Waals surface area contributed by atoms with Crippen molar-refractivity contribution in [2.45, 2.75) is 13.8 Å². The van der Waals surface area contributed by atoms with Crippen LogP contribution >= 0.6 is 11.6 Å². The van der Waals surface area contributed by atoms with Crippen LogP contribution in [-0.2, 0) is 4.79 Å². The minimum atomic E-state index is -0.478. The summed E-state index contributed by atoms with van der Waals surface area (Å²) in [6.07, 6.45) is 0. The molecule has 0 atom stereocenters. The lowest BCUT2D eigenvalue weighted by Crippen LogP contribution is -2.25. The van der Waals surface area contributed by atoms with Gasteiger partial charge in [-0.25, -0.2) is 5.43 Å². The van der Waals surface area contributed by atoms with Gasteiger partial charge in [0.1, 0.15) is 5.75 Å². The van der Waals surface area contributed by atoms with Crippen LogP contribution in [0.5, 0.6) is 5.75 Å². The van der Waals surface area contributed by atoms with Crippen LogP contribution in [0.2, 0.25) is 5.02 Å². The number of nitro benzene ring substituents is 1. The third kappa shape index (κ3) is 5.29. The second kappa shape index (κ2) is 8.25. The molecule has 0 spiro atoms. The van der Waals surface area contributed by atoms with Crippen LogP contribution in [-0.4, -0.2) is 23.1 Å². The van der Waals surface area contributed by atoms with E-state index in [9.17, 15) is 14.9 Å². The van der Waals surface area contributed by atoms with Crippen molar-refractivity contribution in [1.29, 1.82) is 0 Å². The number of benzene rings is 2. The predicted molar refractivity (Wildman–Crippen MR) is 95.1 cm³/mol. The minimum Gasteiger partial charge on any atom is -0.483 e. The quantitative estimate of drug-likeness (QED) is 0.484. The van der Waals surface area contributed by atoms with Crippen molar-refractivity contribution in [2.24, 2.45) is 5.10 Å². The lowest BCUT2D eigenvalue weighted by molar-refractivity contribution is -0.384. The molecule has 0 unspecified atom stereocenters. The van der Waals surface area contributed by atoms with E-state index in [0.717, 1.165) is 5.56 Å². The highest BCUT2D eigenvalue weighted by Gasteiger charge is 2.07. The Morgan fingerprint density at radius 3 is 2.56 bits per heavy atom. The van der Waals surface area contributed by atoms with Gasteiger partial charge in [-0.3, -0.25) is 14.9 Å². The highest BCUT2D eigenvalue weighted by Crippen LogP contribution is 2.21. The van der Waals surface area contributed by atoms with Gasteiger partial charge in [0.15, 0.2) is 6.61 Å². The van der Waals surface area contributed by atoms with Crippen molar-refractivity contribution < 1.29 is 14.5 Å². The number of nitrogens with one attached hydrogen (secondary N) is 1. The molecule has 7 nitrogen and oxygen atoms in total. The summed E-state index contributed by atoms with van der Waals surface area (Å²) >= 11 is 5.86. The Bertz CT molecular complexity index is 819. The predicted octanol–water partition coefficient (Wildman–Crippen LogP) is 3.48. The van der Waals surface area contributed by atoms with Gasteiger partial charge in [0, 0.05) is 17.2 Å². The van der Waals surface area contributed by atoms with E-state index in [4.69, 9.17) is 16.3 Å². The molecule has 2 aromatic carbocycles. The largest absolute Gasteiger partial charge is 0.483 e. The number of amides is 1. The van der Waals surface area contributed by atoms with Crippen LogP contribution < -0.4 is 10.2 Å². The van der Waals surface area contributed by atoms with Crippen LogP contribution in [0.1, 0.15) is 18.1 Å². The fourth-order valence-electron chi connectivity index (χ4n) is 1.99. The van der Waals surface area contributed by atoms with Gasteiger partial charge in [0.05, 0.1) is 10.6 Å². The Morgan fingerprint density at radius 1 is 1.28 bits per heavy atom. The molecule has 0 bridgehead atoms. The topological polar surface area (TPSA) is 93.8 Å². The highest BCUT2D eigenvalue weighted by atomic mass is 35.5. The second-order valence-electron chi connectivity index (χ2n) is 5.23. The first-order valence-corrected chi connectivity index (χ1v) is 7.71. The van der Waals surface area contributed by atoms with Crippen molar-refractivity contribution in [3.05, 3.63) is 68.7 Å². The fraction of sp³-hybridized carbons (Fsp3) is 0.176. The Morgan fingerprint density at radius 2 is 1.96 bits per heavy atom. The minimum absolute atomic E-state index is 0.00711. The Labute approximate surface area is 149 Å². The smallest absolute Gasteiger partial charge is 0.277 e. The molecule has 130 valence electrons. The molecule has 1 N–H and O–H groups in total. The van der Waals surface area contributed by atoms with E-state index in [1.54, 1.807) is 37.3 Å². The number of carbonyl (C=O) groups is 1. The maximum absolute atomic E-state index is 11.8. The Balaban J connectivity index is 1.91. The molecule has 1 amide bonds. The number of halogens is 1. The van der Waals surface area contributed by atoms with Crippen LogP contribution in [0.15, 0.2) is 47.6 Å². The van der Waals surface area contributed by atoms with E-state index in [1.165, 1.54) is 12.1 Å². The number of rotatable bonds is 6. The van der Waals surface area contributed by atoms with E-state index < -0.39 is 10.8 Å². The molecular weight excluding hydrogens is 346 g/mol. The maximum atomic E-state index is 11.8. The van der Waals surface area contributed by atoms with E-state index in [2.05, 4.69) is 10.5 Å². The summed E-state index contributed by atoms with van der Waals surface area (Å²) in [5.41, 5.74) is 4.39. The zero-order valence-electron chi connectivity index (χ0n) is 13.7. The lowest BCUT2D eigenvalue weighted by Gasteiger charge is -2.08. The molecule has 0 saturated heterocycles. The third-order valence-corrected chi connectivity index (χ3v) is 3.58. The number of hydrogen-bond donors (Lipinski definition) is 1. The first-order valence-electron chi connectivity index (χ1n) is 7.33. The number of non-ortho nitro benzene ring substituents is 1. The van der Waals surface area contributed by atoms with Crippen molar-refractivity contribution in [2.75, 3.05) is 6.61 Å². The molecule has 0 aliphatic rings. The number of nitro groups is 1. The molecule has 0 aromatic heterocycles. The van der Waals surface area contributed by atoms with Gasteiger partial charge in [0.2, 0.25) is 0 Å². The number of hydrazone groups is 1. The van der Waals surface area contributed by atoms with Gasteiger partial charge < -0.3 is 4.74 Å². The highest BCUT2D eigenvalue weighted by molar-refractivity contribution is 6.30. The van der Waals surface area contributed by atoms with Gasteiger partial charge in [-0.2, -0.15) is 5.10 Å². The van der Waals surface area contributed by atoms with Gasteiger partial charge in [-0.1, -0.05) is 11.6 Å². The summed E-state index contributed by atoms with van der Waals surface area (Å²) < 4.78 is 5.42. The average molecular weight is 362 g/mol. The number of nitrogens with zero attached hydrogens (tertiary/aromatic N) is 2. The van der Waals surface area contributed by atoms with Gasteiger partial charge in [-0.15, -0.1) is 0 Å². The summed E-state index contributed by atoms with van der Waals surface area (Å²) in [5.74, 6) is 0.145. The zero-order valence-corrected chi connectivity index (χ0v) is 14.4. The third-order valence-electron chi connectivity index (χ3n) is 3.34. The summed E-state index contributed by atoms with van der Waals surface area (Å²) in [6.45, 7) is 3.32. The van der Waals surface area contributed by atoms with Crippen molar-refractivity contribution in [3.8, 4) is 5.75 Å². The monoisotopic (exact) mass is 361 g/mol. The molecule has 8 heteroatoms. The average Bonchev–Trinajstić information content (AvgIpc) is 2.59. The molecule has 0 saturated carbocycles. The number of ether oxygens (including phenoxy) is 1. The summed E-state index contributed by atoms with van der Waals surface area (Å²) in [4.78, 5) is 22.0. The number of aryl methyl sites for hydroxylation is 1. The SMILES string of the molecule is C/C(=N/NC(=O)COc1ccc(Cl)cc1C)c1ccc([N+](=O)[O-])cc1. The first-order chi connectivity index (χ1) is 11.9. The van der Waals surface area contributed by atoms with Crippen molar-refractivity contribution >= 4 is 28.9 Å². The summed E-state index contributed by atoms with van der Waals surface area (Å²) in [5, 5.41) is 15.2. The van der Waals surface area contributed by atoms with Gasteiger partial charge in [-0.05, 0) is 55.3 Å². The van der Waals surface area contributed by atoms with Crippen LogP contribution in [0.4, 0.5) is 5.69 Å². The molecule has 2 rings (SSSR count). The normalized spacial score (nSPS) is 11.1. The molecule has 25 heavy (non-hydrogen) atoms. The van der Waals surface area contributed by atoms with Crippen molar-refractivity contribution in [1.82, 2.24) is 5.43 Å². The molecule has 0 fully saturated rings. The second-order valence-corrected chi connectivity index (χ2v) is 5.67. The maximum Gasteiger partial charge on any atom is 0.277 e. The number of hydrogen-bond acceptors (Lipinski definition) is 5. The molecule has 0 aliphatic carbocycles. The Hall–Kier alpha value is -2.93. The van der Waals surface area contributed by atoms with E-state index >= 15 is 0 Å². The molecule has 0 radical (unpaired) electrons. The zero-order chi connectivity index (χ0) is 18.4. The van der Waals surface area contributed by atoms with E-state index in [1.807, 2.05) is 6.92 Å². The van der Waals surface area contributed by atoms with Crippen LogP contribution in [0.25, 0.3) is 0 Å². The van der Waals surface area contributed by atoms with Crippen LogP contribution in [0.3, 0.4) is 0 Å². The van der Waals surface area contributed by atoms with Crippen molar-refractivity contribution in [3.63, 3.8) is 0 Å². The number of carbonyl (C=O) groups excluding carboxylic acids is 1.